The summed E-state index contributed by atoms with van der Waals surface area (Å²) in [7, 11) is 0. The molecule has 108 valence electrons. The van der Waals surface area contributed by atoms with Gasteiger partial charge in [0.15, 0.2) is 0 Å². The number of nitrogens with one attached hydrogen (secondary N) is 1. The van der Waals surface area contributed by atoms with Gasteiger partial charge in [0, 0.05) is 29.8 Å². The molecule has 20 heavy (non-hydrogen) atoms. The maximum absolute atomic E-state index is 12.4. The Morgan fingerprint density at radius 1 is 1.50 bits per heavy atom. The molecule has 0 spiro atoms. The van der Waals surface area contributed by atoms with E-state index in [1.54, 1.807) is 4.90 Å². The highest BCUT2D eigenvalue weighted by Crippen LogP contribution is 2.33. The molecular formula is C13H17N3O3S. The maximum Gasteiger partial charge on any atom is 0.255 e. The smallest absolute Gasteiger partial charge is 0.255 e. The number of carbonyl (C=O) groups excluding carboxylic acids is 2. The zero-order valence-corrected chi connectivity index (χ0v) is 11.8. The third-order valence-corrected chi connectivity index (χ3v) is 5.01. The summed E-state index contributed by atoms with van der Waals surface area (Å²) in [5, 5.41) is 14.5. The Kier molecular flexibility index (Phi) is 3.49. The van der Waals surface area contributed by atoms with Gasteiger partial charge in [-0.05, 0) is 18.4 Å². The lowest BCUT2D eigenvalue weighted by atomic mass is 10.1. The fourth-order valence-electron chi connectivity index (χ4n) is 2.90. The summed E-state index contributed by atoms with van der Waals surface area (Å²) in [6.45, 7) is 0.896. The monoisotopic (exact) mass is 295 g/mol. The molecule has 0 bridgehead atoms. The molecule has 2 aliphatic heterocycles. The fraction of sp³-hybridized carbons (Fsp3) is 0.538. The summed E-state index contributed by atoms with van der Waals surface area (Å²) in [5.74, 6) is -0.236. The van der Waals surface area contributed by atoms with Gasteiger partial charge in [0.25, 0.3) is 5.91 Å². The maximum atomic E-state index is 12.4. The van der Waals surface area contributed by atoms with Crippen molar-refractivity contribution >= 4 is 23.2 Å². The van der Waals surface area contributed by atoms with Gasteiger partial charge >= 0.3 is 0 Å². The number of amides is 2. The lowest BCUT2D eigenvalue weighted by molar-refractivity contribution is -0.124. The SMILES string of the molecule is NCc1scc2c1CN([C@H]1CCCC(=O)NC1O)C2=O. The molecule has 3 rings (SSSR count). The average molecular weight is 295 g/mol. The van der Waals surface area contributed by atoms with Gasteiger partial charge in [0.2, 0.25) is 5.91 Å². The second-order valence-electron chi connectivity index (χ2n) is 5.16. The second kappa shape index (κ2) is 5.16. The van der Waals surface area contributed by atoms with E-state index in [1.165, 1.54) is 11.3 Å². The third kappa shape index (κ3) is 2.11. The number of hydrogen-bond donors (Lipinski definition) is 3. The molecule has 2 aliphatic rings. The Bertz CT molecular complexity index is 557. The summed E-state index contributed by atoms with van der Waals surface area (Å²) >= 11 is 1.50. The molecule has 1 aromatic rings. The molecule has 0 radical (unpaired) electrons. The number of thiophene rings is 1. The van der Waals surface area contributed by atoms with Crippen molar-refractivity contribution in [3.8, 4) is 0 Å². The van der Waals surface area contributed by atoms with Crippen LogP contribution in [0, 0.1) is 0 Å². The van der Waals surface area contributed by atoms with Gasteiger partial charge in [-0.1, -0.05) is 0 Å². The minimum atomic E-state index is -0.997. The zero-order valence-electron chi connectivity index (χ0n) is 11.0. The normalized spacial score (nSPS) is 26.4. The van der Waals surface area contributed by atoms with Crippen LogP contribution in [-0.4, -0.2) is 34.1 Å². The number of nitrogens with zero attached hydrogens (tertiary/aromatic N) is 1. The first-order chi connectivity index (χ1) is 9.61. The van der Waals surface area contributed by atoms with Gasteiger partial charge in [0.05, 0.1) is 11.6 Å². The first-order valence-electron chi connectivity index (χ1n) is 6.69. The summed E-state index contributed by atoms with van der Waals surface area (Å²) in [4.78, 5) is 26.5. The van der Waals surface area contributed by atoms with E-state index in [4.69, 9.17) is 5.73 Å². The van der Waals surface area contributed by atoms with E-state index < -0.39 is 6.23 Å². The predicted octanol–water partition coefficient (Wildman–Crippen LogP) is 0.150. The van der Waals surface area contributed by atoms with Crippen molar-refractivity contribution in [2.24, 2.45) is 5.73 Å². The van der Waals surface area contributed by atoms with Crippen molar-refractivity contribution in [1.29, 1.82) is 0 Å². The summed E-state index contributed by atoms with van der Waals surface area (Å²) in [5.41, 5.74) is 7.35. The molecule has 1 unspecified atom stereocenters. The molecule has 2 atom stereocenters. The van der Waals surface area contributed by atoms with E-state index in [2.05, 4.69) is 5.32 Å². The first kappa shape index (κ1) is 13.5. The molecule has 3 heterocycles. The quantitative estimate of drug-likeness (QED) is 0.723. The van der Waals surface area contributed by atoms with Gasteiger partial charge in [-0.3, -0.25) is 9.59 Å². The van der Waals surface area contributed by atoms with Crippen LogP contribution >= 0.6 is 11.3 Å². The van der Waals surface area contributed by atoms with Crippen molar-refractivity contribution in [2.75, 3.05) is 0 Å². The van der Waals surface area contributed by atoms with Crippen LogP contribution in [0.3, 0.4) is 0 Å². The number of aliphatic hydroxyl groups is 1. The Morgan fingerprint density at radius 2 is 2.30 bits per heavy atom. The van der Waals surface area contributed by atoms with E-state index in [9.17, 15) is 14.7 Å². The van der Waals surface area contributed by atoms with Crippen molar-refractivity contribution in [1.82, 2.24) is 10.2 Å². The summed E-state index contributed by atoms with van der Waals surface area (Å²) < 4.78 is 0. The number of carbonyl (C=O) groups is 2. The average Bonchev–Trinajstić information content (AvgIpc) is 2.90. The highest BCUT2D eigenvalue weighted by Gasteiger charge is 2.39. The molecule has 0 aromatic carbocycles. The van der Waals surface area contributed by atoms with E-state index in [0.717, 1.165) is 10.4 Å². The van der Waals surface area contributed by atoms with Crippen molar-refractivity contribution < 1.29 is 14.7 Å². The molecule has 1 aromatic heterocycles. The van der Waals surface area contributed by atoms with Crippen LogP contribution in [0.2, 0.25) is 0 Å². The minimum absolute atomic E-state index is 0.0730. The number of aliphatic hydroxyl groups excluding tert-OH is 1. The third-order valence-electron chi connectivity index (χ3n) is 3.96. The fourth-order valence-corrected chi connectivity index (χ4v) is 3.82. The Balaban J connectivity index is 1.84. The molecule has 0 aliphatic carbocycles. The van der Waals surface area contributed by atoms with Crippen LogP contribution in [0.15, 0.2) is 5.38 Å². The molecule has 6 nitrogen and oxygen atoms in total. The number of nitrogens with two attached hydrogens (primary N) is 1. The minimum Gasteiger partial charge on any atom is -0.372 e. The number of hydrogen-bond acceptors (Lipinski definition) is 5. The van der Waals surface area contributed by atoms with Crippen molar-refractivity contribution in [3.05, 3.63) is 21.4 Å². The molecule has 1 saturated heterocycles. The van der Waals surface area contributed by atoms with E-state index >= 15 is 0 Å². The van der Waals surface area contributed by atoms with Gasteiger partial charge in [-0.2, -0.15) is 0 Å². The number of fused-ring (bicyclic) bond motifs is 1. The van der Waals surface area contributed by atoms with Crippen molar-refractivity contribution in [3.63, 3.8) is 0 Å². The van der Waals surface area contributed by atoms with Gasteiger partial charge in [0.1, 0.15) is 6.23 Å². The van der Waals surface area contributed by atoms with Crippen molar-refractivity contribution in [2.45, 2.75) is 44.6 Å². The van der Waals surface area contributed by atoms with Crippen LogP contribution in [-0.2, 0) is 17.9 Å². The highest BCUT2D eigenvalue weighted by molar-refractivity contribution is 7.10. The van der Waals surface area contributed by atoms with Gasteiger partial charge in [-0.15, -0.1) is 11.3 Å². The van der Waals surface area contributed by atoms with Gasteiger partial charge < -0.3 is 21.1 Å². The molecule has 1 fully saturated rings. The molecule has 0 saturated carbocycles. The number of rotatable bonds is 2. The Morgan fingerprint density at radius 3 is 3.05 bits per heavy atom. The lowest BCUT2D eigenvalue weighted by Crippen LogP contribution is -2.50. The van der Waals surface area contributed by atoms with E-state index in [1.807, 2.05) is 5.38 Å². The van der Waals surface area contributed by atoms with Crippen LogP contribution in [0.25, 0.3) is 0 Å². The molecule has 7 heteroatoms. The molecular weight excluding hydrogens is 278 g/mol. The van der Waals surface area contributed by atoms with Gasteiger partial charge in [-0.25, -0.2) is 0 Å². The van der Waals surface area contributed by atoms with Crippen LogP contribution in [0.4, 0.5) is 0 Å². The van der Waals surface area contributed by atoms with Crippen LogP contribution in [0.5, 0.6) is 0 Å². The molecule has 4 N–H and O–H groups in total. The van der Waals surface area contributed by atoms with Crippen LogP contribution in [0.1, 0.15) is 40.1 Å². The second-order valence-corrected chi connectivity index (χ2v) is 6.12. The Labute approximate surface area is 120 Å². The summed E-state index contributed by atoms with van der Waals surface area (Å²) in [6, 6.07) is -0.364. The summed E-state index contributed by atoms with van der Waals surface area (Å²) in [6.07, 6.45) is 0.693. The van der Waals surface area contributed by atoms with E-state index in [-0.39, 0.29) is 17.9 Å². The van der Waals surface area contributed by atoms with E-state index in [0.29, 0.717) is 37.9 Å². The molecule has 2 amide bonds. The largest absolute Gasteiger partial charge is 0.372 e. The topological polar surface area (TPSA) is 95.7 Å². The standard InChI is InChI=1S/C13H17N3O3S/c14-4-10-7-5-16(13(19)8(7)6-20-10)9-2-1-3-11(17)15-12(9)18/h6,9,12,18H,1-5,14H2,(H,15,17)/t9-,12?/m0/s1. The highest BCUT2D eigenvalue weighted by atomic mass is 32.1. The lowest BCUT2D eigenvalue weighted by Gasteiger charge is -2.30. The Hall–Kier alpha value is -1.44. The zero-order chi connectivity index (χ0) is 14.3. The van der Waals surface area contributed by atoms with Crippen LogP contribution < -0.4 is 11.1 Å². The first-order valence-corrected chi connectivity index (χ1v) is 7.57. The predicted molar refractivity (Wildman–Crippen MR) is 73.9 cm³/mol.